The van der Waals surface area contributed by atoms with Crippen LogP contribution in [0.15, 0.2) is 108 Å². The van der Waals surface area contributed by atoms with Gasteiger partial charge in [-0.05, 0) is 68.7 Å². The van der Waals surface area contributed by atoms with Crippen LogP contribution in [0.3, 0.4) is 0 Å². The molecule has 4 aromatic carbocycles. The molecule has 0 spiro atoms. The van der Waals surface area contributed by atoms with Crippen LogP contribution in [0.2, 0.25) is 5.02 Å². The second kappa shape index (κ2) is 14.6. The summed E-state index contributed by atoms with van der Waals surface area (Å²) in [5, 5.41) is 3.34. The van der Waals surface area contributed by atoms with Crippen molar-refractivity contribution < 1.29 is 18.0 Å². The molecule has 0 unspecified atom stereocenters. The molecule has 0 saturated heterocycles. The van der Waals surface area contributed by atoms with Crippen LogP contribution in [0.1, 0.15) is 36.1 Å². The lowest BCUT2D eigenvalue weighted by molar-refractivity contribution is -0.140. The molecular formula is C35H38ClN3O4S. The first-order valence-corrected chi connectivity index (χ1v) is 16.3. The summed E-state index contributed by atoms with van der Waals surface area (Å²) >= 11 is 6.44. The van der Waals surface area contributed by atoms with Crippen molar-refractivity contribution in [3.05, 3.63) is 130 Å². The van der Waals surface area contributed by atoms with Gasteiger partial charge in [0, 0.05) is 24.0 Å². The third-order valence-corrected chi connectivity index (χ3v) is 9.44. The van der Waals surface area contributed by atoms with Gasteiger partial charge in [0.1, 0.15) is 12.6 Å². The minimum Gasteiger partial charge on any atom is -0.352 e. The fourth-order valence-electron chi connectivity index (χ4n) is 5.04. The number of amides is 2. The Hall–Kier alpha value is -4.14. The molecule has 1 N–H and O–H groups in total. The minimum absolute atomic E-state index is 0.0378. The van der Waals surface area contributed by atoms with E-state index in [-0.39, 0.29) is 35.5 Å². The second-order valence-corrected chi connectivity index (χ2v) is 13.4. The van der Waals surface area contributed by atoms with Crippen LogP contribution >= 0.6 is 11.6 Å². The van der Waals surface area contributed by atoms with Gasteiger partial charge in [-0.1, -0.05) is 96.0 Å². The van der Waals surface area contributed by atoms with Gasteiger partial charge in [0.05, 0.1) is 10.6 Å². The third kappa shape index (κ3) is 8.07. The summed E-state index contributed by atoms with van der Waals surface area (Å²) in [6.07, 6.45) is 0.249. The maximum Gasteiger partial charge on any atom is 0.264 e. The molecule has 1 atom stereocenters. The first kappa shape index (κ1) is 32.8. The maximum absolute atomic E-state index is 14.5. The average molecular weight is 632 g/mol. The Bertz CT molecular complexity index is 1700. The highest BCUT2D eigenvalue weighted by Gasteiger charge is 2.35. The van der Waals surface area contributed by atoms with Crippen molar-refractivity contribution in [2.24, 2.45) is 0 Å². The Balaban J connectivity index is 1.83. The predicted molar refractivity (Wildman–Crippen MR) is 176 cm³/mol. The van der Waals surface area contributed by atoms with Crippen molar-refractivity contribution in [2.75, 3.05) is 10.8 Å². The molecular weight excluding hydrogens is 594 g/mol. The van der Waals surface area contributed by atoms with E-state index in [0.29, 0.717) is 10.6 Å². The van der Waals surface area contributed by atoms with Crippen LogP contribution in [-0.2, 0) is 32.6 Å². The lowest BCUT2D eigenvalue weighted by Crippen LogP contribution is -2.54. The van der Waals surface area contributed by atoms with Gasteiger partial charge in [-0.25, -0.2) is 8.42 Å². The molecule has 0 heterocycles. The summed E-state index contributed by atoms with van der Waals surface area (Å²) in [5.41, 5.74) is 3.51. The summed E-state index contributed by atoms with van der Waals surface area (Å²) < 4.78 is 29.4. The van der Waals surface area contributed by atoms with Crippen molar-refractivity contribution >= 4 is 39.1 Å². The number of anilines is 1. The number of carbonyl (C=O) groups is 2. The molecule has 9 heteroatoms. The zero-order valence-corrected chi connectivity index (χ0v) is 27.0. The topological polar surface area (TPSA) is 86.8 Å². The Morgan fingerprint density at radius 2 is 1.43 bits per heavy atom. The molecule has 0 aliphatic rings. The molecule has 0 aliphatic heterocycles. The van der Waals surface area contributed by atoms with E-state index in [1.54, 1.807) is 43.3 Å². The number of benzene rings is 4. The Morgan fingerprint density at radius 1 is 0.818 bits per heavy atom. The van der Waals surface area contributed by atoms with Gasteiger partial charge in [-0.3, -0.25) is 13.9 Å². The molecule has 7 nitrogen and oxygen atoms in total. The van der Waals surface area contributed by atoms with Gasteiger partial charge in [0.2, 0.25) is 11.8 Å². The van der Waals surface area contributed by atoms with Crippen molar-refractivity contribution in [2.45, 2.75) is 57.6 Å². The third-order valence-electron chi connectivity index (χ3n) is 7.26. The van der Waals surface area contributed by atoms with Crippen molar-refractivity contribution in [1.82, 2.24) is 10.2 Å². The zero-order chi connectivity index (χ0) is 31.9. The lowest BCUT2D eigenvalue weighted by atomic mass is 10.0. The maximum atomic E-state index is 14.5. The molecule has 0 aliphatic carbocycles. The first-order chi connectivity index (χ1) is 21.0. The summed E-state index contributed by atoms with van der Waals surface area (Å²) in [5.74, 6) is -0.841. The van der Waals surface area contributed by atoms with Gasteiger partial charge < -0.3 is 10.2 Å². The van der Waals surface area contributed by atoms with Crippen LogP contribution in [0.4, 0.5) is 5.69 Å². The minimum atomic E-state index is -4.20. The number of hydrogen-bond donors (Lipinski definition) is 1. The van der Waals surface area contributed by atoms with Gasteiger partial charge in [0.25, 0.3) is 10.0 Å². The highest BCUT2D eigenvalue weighted by molar-refractivity contribution is 7.92. The summed E-state index contributed by atoms with van der Waals surface area (Å²) in [7, 11) is -4.20. The molecule has 4 aromatic rings. The fourth-order valence-corrected chi connectivity index (χ4v) is 6.70. The second-order valence-electron chi connectivity index (χ2n) is 11.1. The molecule has 0 saturated carbocycles. The Kier molecular flexibility index (Phi) is 10.8. The molecule has 230 valence electrons. The number of hydrogen-bond acceptors (Lipinski definition) is 4. The SMILES string of the molecule is Cc1cccc(CN(C(=O)CN(c2cccc(Cl)c2C)S(=O)(=O)c2ccccc2)[C@@H](Cc2ccccc2)C(=O)NC(C)C)c1. The molecule has 0 radical (unpaired) electrons. The summed E-state index contributed by atoms with van der Waals surface area (Å²) in [4.78, 5) is 29.8. The average Bonchev–Trinajstić information content (AvgIpc) is 2.99. The van der Waals surface area contributed by atoms with Gasteiger partial charge in [-0.15, -0.1) is 0 Å². The number of nitrogens with zero attached hydrogens (tertiary/aromatic N) is 2. The molecule has 0 aromatic heterocycles. The predicted octanol–water partition coefficient (Wildman–Crippen LogP) is 6.32. The number of rotatable bonds is 12. The van der Waals surface area contributed by atoms with E-state index in [4.69, 9.17) is 11.6 Å². The van der Waals surface area contributed by atoms with Crippen molar-refractivity contribution in [3.8, 4) is 0 Å². The van der Waals surface area contributed by atoms with Crippen LogP contribution in [-0.4, -0.2) is 43.8 Å². The lowest BCUT2D eigenvalue weighted by Gasteiger charge is -2.34. The Morgan fingerprint density at radius 3 is 2.07 bits per heavy atom. The fraction of sp³-hybridized carbons (Fsp3) is 0.257. The molecule has 0 fully saturated rings. The van der Waals surface area contributed by atoms with E-state index >= 15 is 0 Å². The highest BCUT2D eigenvalue weighted by Crippen LogP contribution is 2.31. The number of nitrogens with one attached hydrogen (secondary N) is 1. The molecule has 4 rings (SSSR count). The molecule has 44 heavy (non-hydrogen) atoms. The monoisotopic (exact) mass is 631 g/mol. The first-order valence-electron chi connectivity index (χ1n) is 14.5. The number of halogens is 1. The van der Waals surface area contributed by atoms with E-state index in [0.717, 1.165) is 21.0 Å². The summed E-state index contributed by atoms with van der Waals surface area (Å²) in [6, 6.07) is 29.0. The van der Waals surface area contributed by atoms with E-state index in [2.05, 4.69) is 5.32 Å². The molecule has 2 amide bonds. The van der Waals surface area contributed by atoms with Crippen molar-refractivity contribution in [1.29, 1.82) is 0 Å². The van der Waals surface area contributed by atoms with E-state index in [1.807, 2.05) is 75.4 Å². The van der Waals surface area contributed by atoms with Crippen LogP contribution in [0.25, 0.3) is 0 Å². The zero-order valence-electron chi connectivity index (χ0n) is 25.4. The molecule has 0 bridgehead atoms. The number of aryl methyl sites for hydroxylation is 1. The van der Waals surface area contributed by atoms with Gasteiger partial charge in [0.15, 0.2) is 0 Å². The van der Waals surface area contributed by atoms with Crippen LogP contribution in [0, 0.1) is 13.8 Å². The van der Waals surface area contributed by atoms with Crippen LogP contribution in [0.5, 0.6) is 0 Å². The normalized spacial score (nSPS) is 12.0. The highest BCUT2D eigenvalue weighted by atomic mass is 35.5. The van der Waals surface area contributed by atoms with E-state index < -0.39 is 28.5 Å². The van der Waals surface area contributed by atoms with E-state index in [9.17, 15) is 18.0 Å². The quantitative estimate of drug-likeness (QED) is 0.198. The van der Waals surface area contributed by atoms with Gasteiger partial charge >= 0.3 is 0 Å². The number of sulfonamides is 1. The van der Waals surface area contributed by atoms with Gasteiger partial charge in [-0.2, -0.15) is 0 Å². The smallest absolute Gasteiger partial charge is 0.264 e. The van der Waals surface area contributed by atoms with E-state index in [1.165, 1.54) is 17.0 Å². The van der Waals surface area contributed by atoms with Crippen molar-refractivity contribution in [3.63, 3.8) is 0 Å². The number of carbonyl (C=O) groups excluding carboxylic acids is 2. The van der Waals surface area contributed by atoms with Crippen LogP contribution < -0.4 is 9.62 Å². The largest absolute Gasteiger partial charge is 0.352 e. The summed E-state index contributed by atoms with van der Waals surface area (Å²) in [6.45, 7) is 6.97. The Labute approximate surface area is 265 Å². The standard InChI is InChI=1S/C35H38ClN3O4S/c1-25(2)37-35(41)33(22-28-14-7-5-8-15-28)38(23-29-16-11-13-26(3)21-29)34(40)24-39(32-20-12-19-31(36)27(32)4)44(42,43)30-17-9-6-10-18-30/h5-21,25,33H,22-24H2,1-4H3,(H,37,41)/t33-/m0/s1.